The van der Waals surface area contributed by atoms with E-state index < -0.39 is 0 Å². The molecule has 0 atom stereocenters. The predicted molar refractivity (Wildman–Crippen MR) is 121 cm³/mol. The van der Waals surface area contributed by atoms with Gasteiger partial charge in [0, 0.05) is 13.1 Å². The lowest BCUT2D eigenvalue weighted by Gasteiger charge is -2.42. The van der Waals surface area contributed by atoms with Crippen molar-refractivity contribution < 1.29 is 18.6 Å². The molecule has 1 aliphatic carbocycles. The molecular weight excluding hydrogens is 395 g/mol. The summed E-state index contributed by atoms with van der Waals surface area (Å²) in [5.74, 6) is 5.63. The first kappa shape index (κ1) is 24.0. The zero-order valence-electron chi connectivity index (χ0n) is 19.8. The predicted octanol–water partition coefficient (Wildman–Crippen LogP) is 4.72. The van der Waals surface area contributed by atoms with Crippen molar-refractivity contribution in [3.05, 3.63) is 23.8 Å². The second kappa shape index (κ2) is 9.85. The molecule has 2 fully saturated rings. The summed E-state index contributed by atoms with van der Waals surface area (Å²) < 4.78 is 32.3. The lowest BCUT2D eigenvalue weighted by atomic mass is 9.90. The fourth-order valence-corrected chi connectivity index (χ4v) is 3.85. The summed E-state index contributed by atoms with van der Waals surface area (Å²) in [6.07, 6.45) is 5.82. The monoisotopic (exact) mass is 432 g/mol. The highest BCUT2D eigenvalue weighted by Crippen LogP contribution is 2.33. The molecule has 5 nitrogen and oxygen atoms in total. The van der Waals surface area contributed by atoms with E-state index in [1.165, 1.54) is 6.20 Å². The van der Waals surface area contributed by atoms with Crippen LogP contribution in [0.3, 0.4) is 0 Å². The van der Waals surface area contributed by atoms with E-state index in [0.29, 0.717) is 30.2 Å². The van der Waals surface area contributed by atoms with Crippen molar-refractivity contribution in [1.82, 2.24) is 4.98 Å². The molecule has 172 valence electrons. The van der Waals surface area contributed by atoms with Gasteiger partial charge in [0.2, 0.25) is 0 Å². The average Bonchev–Trinajstić information content (AvgIpc) is 2.63. The number of nitrogens with zero attached hydrogens (tertiary/aromatic N) is 2. The molecule has 2 heterocycles. The van der Waals surface area contributed by atoms with Crippen molar-refractivity contribution in [3.63, 3.8) is 0 Å². The van der Waals surface area contributed by atoms with Crippen LogP contribution in [-0.4, -0.2) is 54.2 Å². The Morgan fingerprint density at radius 2 is 1.71 bits per heavy atom. The molecule has 1 aromatic heterocycles. The maximum Gasteiger partial charge on any atom is 0.164 e. The fraction of sp³-hybridized carbons (Fsp3) is 0.720. The van der Waals surface area contributed by atoms with Gasteiger partial charge in [-0.15, -0.1) is 0 Å². The van der Waals surface area contributed by atoms with E-state index in [1.54, 1.807) is 6.07 Å². The number of anilines is 1. The Balaban J connectivity index is 1.47. The van der Waals surface area contributed by atoms with Crippen molar-refractivity contribution in [2.24, 2.45) is 0 Å². The molecule has 1 aromatic rings. The van der Waals surface area contributed by atoms with Crippen molar-refractivity contribution in [3.8, 4) is 11.8 Å². The number of rotatable bonds is 5. The molecular formula is C25H37FN2O3. The van der Waals surface area contributed by atoms with Crippen LogP contribution in [0.1, 0.15) is 72.9 Å². The molecule has 0 unspecified atom stereocenters. The lowest BCUT2D eigenvalue weighted by Crippen LogP contribution is -2.45. The van der Waals surface area contributed by atoms with Crippen molar-refractivity contribution in [2.45, 2.75) is 96.7 Å². The van der Waals surface area contributed by atoms with Crippen LogP contribution in [0.2, 0.25) is 0 Å². The van der Waals surface area contributed by atoms with Gasteiger partial charge in [-0.3, -0.25) is 0 Å². The van der Waals surface area contributed by atoms with Gasteiger partial charge in [0.15, 0.2) is 5.82 Å². The van der Waals surface area contributed by atoms with Crippen molar-refractivity contribution >= 4 is 5.69 Å². The minimum atomic E-state index is -0.308. The molecule has 6 heteroatoms. The van der Waals surface area contributed by atoms with Gasteiger partial charge in [-0.1, -0.05) is 5.92 Å². The number of halogens is 1. The van der Waals surface area contributed by atoms with Gasteiger partial charge in [0.1, 0.15) is 12.3 Å². The van der Waals surface area contributed by atoms with Gasteiger partial charge in [0.25, 0.3) is 0 Å². The molecule has 0 radical (unpaired) electrons. The molecule has 0 aromatic carbocycles. The van der Waals surface area contributed by atoms with Crippen LogP contribution in [0.4, 0.5) is 10.1 Å². The number of pyridine rings is 1. The minimum absolute atomic E-state index is 0.0988. The van der Waals surface area contributed by atoms with Gasteiger partial charge in [-0.2, -0.15) is 0 Å². The molecule has 0 amide bonds. The Morgan fingerprint density at radius 3 is 2.32 bits per heavy atom. The van der Waals surface area contributed by atoms with Crippen LogP contribution >= 0.6 is 0 Å². The molecule has 1 aliphatic heterocycles. The molecule has 0 bridgehead atoms. The van der Waals surface area contributed by atoms with Crippen LogP contribution in [0.5, 0.6) is 0 Å². The SMILES string of the molecule is CC(C)(C)OCC#Cc1cc(N2CCC(OC3CC(OC(C)(C)C)C3)CC2)c(F)cn1. The average molecular weight is 433 g/mol. The van der Waals surface area contributed by atoms with Gasteiger partial charge in [-0.05, 0) is 79.2 Å². The summed E-state index contributed by atoms with van der Waals surface area (Å²) in [6, 6.07) is 1.74. The van der Waals surface area contributed by atoms with E-state index >= 15 is 0 Å². The highest BCUT2D eigenvalue weighted by Gasteiger charge is 2.36. The van der Waals surface area contributed by atoms with Gasteiger partial charge >= 0.3 is 0 Å². The van der Waals surface area contributed by atoms with Gasteiger partial charge < -0.3 is 19.1 Å². The first-order valence-electron chi connectivity index (χ1n) is 11.3. The summed E-state index contributed by atoms with van der Waals surface area (Å²) in [5, 5.41) is 0. The second-order valence-electron chi connectivity index (χ2n) is 10.5. The molecule has 3 rings (SSSR count). The van der Waals surface area contributed by atoms with Gasteiger partial charge in [0.05, 0.1) is 41.4 Å². The van der Waals surface area contributed by atoms with E-state index in [0.717, 1.165) is 38.8 Å². The summed E-state index contributed by atoms with van der Waals surface area (Å²) in [4.78, 5) is 6.18. The topological polar surface area (TPSA) is 43.8 Å². The minimum Gasteiger partial charge on any atom is -0.375 e. The van der Waals surface area contributed by atoms with E-state index in [2.05, 4.69) is 42.5 Å². The van der Waals surface area contributed by atoms with Crippen LogP contribution in [-0.2, 0) is 14.2 Å². The van der Waals surface area contributed by atoms with E-state index in [-0.39, 0.29) is 23.1 Å². The van der Waals surface area contributed by atoms with Crippen LogP contribution in [0, 0.1) is 17.7 Å². The quantitative estimate of drug-likeness (QED) is 0.630. The third-order valence-electron chi connectivity index (χ3n) is 5.37. The third-order valence-corrected chi connectivity index (χ3v) is 5.37. The summed E-state index contributed by atoms with van der Waals surface area (Å²) in [5.41, 5.74) is 0.796. The molecule has 1 saturated heterocycles. The Labute approximate surface area is 186 Å². The maximum atomic E-state index is 14.4. The lowest BCUT2D eigenvalue weighted by molar-refractivity contribution is -0.164. The maximum absolute atomic E-state index is 14.4. The highest BCUT2D eigenvalue weighted by molar-refractivity contribution is 5.51. The highest BCUT2D eigenvalue weighted by atomic mass is 19.1. The Bertz CT molecular complexity index is 790. The standard InChI is InChI=1S/C25H37FN2O3/c1-24(2,3)29-13-7-8-18-14-23(22(26)17-27-18)28-11-9-19(10-12-28)30-20-15-21(16-20)31-25(4,5)6/h14,17,19-21H,9-13,15-16H2,1-6H3. The number of aromatic nitrogens is 1. The van der Waals surface area contributed by atoms with Crippen molar-refractivity contribution in [2.75, 3.05) is 24.6 Å². The van der Waals surface area contributed by atoms with Gasteiger partial charge in [-0.25, -0.2) is 9.37 Å². The normalized spacial score (nSPS) is 22.6. The Hall–Kier alpha value is -1.68. The number of piperidine rings is 1. The zero-order valence-corrected chi connectivity index (χ0v) is 19.8. The number of hydrogen-bond donors (Lipinski definition) is 0. The zero-order chi connectivity index (χ0) is 22.6. The van der Waals surface area contributed by atoms with Crippen LogP contribution < -0.4 is 4.90 Å². The summed E-state index contributed by atoms with van der Waals surface area (Å²) in [7, 11) is 0. The number of ether oxygens (including phenoxy) is 3. The summed E-state index contributed by atoms with van der Waals surface area (Å²) in [6.45, 7) is 14.1. The smallest absolute Gasteiger partial charge is 0.164 e. The molecule has 31 heavy (non-hydrogen) atoms. The summed E-state index contributed by atoms with van der Waals surface area (Å²) >= 11 is 0. The van der Waals surface area contributed by atoms with E-state index in [4.69, 9.17) is 14.2 Å². The first-order valence-corrected chi connectivity index (χ1v) is 11.3. The molecule has 2 aliphatic rings. The van der Waals surface area contributed by atoms with E-state index in [9.17, 15) is 4.39 Å². The fourth-order valence-electron chi connectivity index (χ4n) is 3.85. The number of hydrogen-bond acceptors (Lipinski definition) is 5. The van der Waals surface area contributed by atoms with E-state index in [1.807, 2.05) is 20.8 Å². The third kappa shape index (κ3) is 7.75. The Morgan fingerprint density at radius 1 is 1.03 bits per heavy atom. The largest absolute Gasteiger partial charge is 0.375 e. The van der Waals surface area contributed by atoms with Crippen molar-refractivity contribution in [1.29, 1.82) is 0 Å². The van der Waals surface area contributed by atoms with Crippen LogP contribution in [0.25, 0.3) is 0 Å². The molecule has 1 saturated carbocycles. The Kier molecular flexibility index (Phi) is 7.62. The second-order valence-corrected chi connectivity index (χ2v) is 10.5. The molecule has 0 spiro atoms. The molecule has 0 N–H and O–H groups in total. The van der Waals surface area contributed by atoms with Crippen LogP contribution in [0.15, 0.2) is 12.3 Å². The first-order chi connectivity index (χ1) is 14.5.